The molecule has 114 valence electrons. The lowest BCUT2D eigenvalue weighted by molar-refractivity contribution is 0.404. The molecule has 2 heterocycles. The van der Waals surface area contributed by atoms with Gasteiger partial charge < -0.3 is 4.42 Å². The molecular weight excluding hydrogens is 314 g/mol. The highest BCUT2D eigenvalue weighted by Gasteiger charge is 2.13. The molecule has 0 aliphatic carbocycles. The maximum atomic E-state index is 5.72. The third-order valence-corrected chi connectivity index (χ3v) is 4.98. The molecule has 0 bridgehead atoms. The van der Waals surface area contributed by atoms with Gasteiger partial charge in [0.1, 0.15) is 0 Å². The summed E-state index contributed by atoms with van der Waals surface area (Å²) in [5.41, 5.74) is 2.35. The number of hydrogen-bond acceptors (Lipinski definition) is 6. The Balaban J connectivity index is 1.57. The SMILES string of the molecule is Cc1nc(CSc2nnc(CC(C)c3ccccc3)o2)cs1. The number of nitrogens with zero attached hydrogens (tertiary/aromatic N) is 3. The van der Waals surface area contributed by atoms with Crippen molar-refractivity contribution >= 4 is 23.1 Å². The zero-order chi connectivity index (χ0) is 15.4. The van der Waals surface area contributed by atoms with E-state index in [4.69, 9.17) is 4.42 Å². The van der Waals surface area contributed by atoms with Crippen molar-refractivity contribution in [3.8, 4) is 0 Å². The normalized spacial score (nSPS) is 12.5. The van der Waals surface area contributed by atoms with Gasteiger partial charge in [-0.15, -0.1) is 21.5 Å². The van der Waals surface area contributed by atoms with E-state index in [1.54, 1.807) is 11.3 Å². The first kappa shape index (κ1) is 15.2. The van der Waals surface area contributed by atoms with Crippen LogP contribution in [-0.2, 0) is 12.2 Å². The second-order valence-corrected chi connectivity index (χ2v) is 7.11. The van der Waals surface area contributed by atoms with Crippen molar-refractivity contribution in [2.75, 3.05) is 0 Å². The van der Waals surface area contributed by atoms with E-state index in [2.05, 4.69) is 51.8 Å². The Bertz CT molecular complexity index is 724. The van der Waals surface area contributed by atoms with E-state index in [1.165, 1.54) is 17.3 Å². The minimum absolute atomic E-state index is 0.362. The molecule has 0 aliphatic rings. The van der Waals surface area contributed by atoms with Crippen LogP contribution >= 0.6 is 23.1 Å². The summed E-state index contributed by atoms with van der Waals surface area (Å²) in [7, 11) is 0. The molecule has 3 rings (SSSR count). The molecule has 1 unspecified atom stereocenters. The maximum absolute atomic E-state index is 5.72. The summed E-state index contributed by atoms with van der Waals surface area (Å²) in [5.74, 6) is 1.81. The van der Waals surface area contributed by atoms with Crippen LogP contribution in [0.3, 0.4) is 0 Å². The van der Waals surface area contributed by atoms with E-state index >= 15 is 0 Å². The van der Waals surface area contributed by atoms with Crippen molar-refractivity contribution in [1.29, 1.82) is 0 Å². The number of aryl methyl sites for hydroxylation is 1. The maximum Gasteiger partial charge on any atom is 0.276 e. The van der Waals surface area contributed by atoms with Crippen molar-refractivity contribution < 1.29 is 4.42 Å². The first-order valence-electron chi connectivity index (χ1n) is 7.12. The topological polar surface area (TPSA) is 51.8 Å². The smallest absolute Gasteiger partial charge is 0.276 e. The fourth-order valence-corrected chi connectivity index (χ4v) is 3.54. The van der Waals surface area contributed by atoms with Crippen LogP contribution in [0, 0.1) is 6.92 Å². The van der Waals surface area contributed by atoms with E-state index in [-0.39, 0.29) is 0 Å². The van der Waals surface area contributed by atoms with Crippen molar-refractivity contribution in [2.45, 2.75) is 37.2 Å². The van der Waals surface area contributed by atoms with Crippen LogP contribution in [-0.4, -0.2) is 15.2 Å². The predicted octanol–water partition coefficient (Wildman–Crippen LogP) is 4.47. The van der Waals surface area contributed by atoms with Crippen LogP contribution in [0.1, 0.15) is 35.0 Å². The summed E-state index contributed by atoms with van der Waals surface area (Å²) < 4.78 is 5.72. The van der Waals surface area contributed by atoms with Gasteiger partial charge in [0.05, 0.1) is 10.7 Å². The lowest BCUT2D eigenvalue weighted by Crippen LogP contribution is -1.98. The molecule has 1 atom stereocenters. The molecule has 4 nitrogen and oxygen atoms in total. The first-order valence-corrected chi connectivity index (χ1v) is 8.98. The van der Waals surface area contributed by atoms with Crippen LogP contribution in [0.15, 0.2) is 45.4 Å². The molecular formula is C16H17N3OS2. The fourth-order valence-electron chi connectivity index (χ4n) is 2.15. The number of thioether (sulfide) groups is 1. The molecule has 0 radical (unpaired) electrons. The first-order chi connectivity index (χ1) is 10.7. The van der Waals surface area contributed by atoms with E-state index in [0.717, 1.165) is 22.9 Å². The number of aromatic nitrogens is 3. The third kappa shape index (κ3) is 3.96. The standard InChI is InChI=1S/C16H17N3OS2/c1-11(13-6-4-3-5-7-13)8-15-18-19-16(20-15)22-10-14-9-21-12(2)17-14/h3-7,9,11H,8,10H2,1-2H3. The van der Waals surface area contributed by atoms with E-state index in [0.29, 0.717) is 17.0 Å². The largest absolute Gasteiger partial charge is 0.416 e. The lowest BCUT2D eigenvalue weighted by Gasteiger charge is -2.08. The summed E-state index contributed by atoms with van der Waals surface area (Å²) in [4.78, 5) is 4.43. The molecule has 6 heteroatoms. The zero-order valence-electron chi connectivity index (χ0n) is 12.5. The molecule has 1 aromatic carbocycles. The Morgan fingerprint density at radius 3 is 2.77 bits per heavy atom. The third-order valence-electron chi connectivity index (χ3n) is 3.31. The molecule has 0 saturated carbocycles. The number of benzene rings is 1. The average Bonchev–Trinajstić information content (AvgIpc) is 3.15. The summed E-state index contributed by atoms with van der Waals surface area (Å²) in [6, 6.07) is 10.4. The Hall–Kier alpha value is -1.66. The quantitative estimate of drug-likeness (QED) is 0.624. The van der Waals surface area contributed by atoms with Gasteiger partial charge in [-0.1, -0.05) is 49.0 Å². The summed E-state index contributed by atoms with van der Waals surface area (Å²) in [5, 5.41) is 12.0. The molecule has 0 spiro atoms. The Kier molecular flexibility index (Phi) is 4.90. The van der Waals surface area contributed by atoms with Gasteiger partial charge in [0.25, 0.3) is 5.22 Å². The molecule has 0 N–H and O–H groups in total. The average molecular weight is 331 g/mol. The minimum Gasteiger partial charge on any atom is -0.416 e. The van der Waals surface area contributed by atoms with Crippen LogP contribution in [0.25, 0.3) is 0 Å². The van der Waals surface area contributed by atoms with Crippen LogP contribution < -0.4 is 0 Å². The van der Waals surface area contributed by atoms with Crippen LogP contribution in [0.4, 0.5) is 0 Å². The highest BCUT2D eigenvalue weighted by molar-refractivity contribution is 7.98. The second kappa shape index (κ2) is 7.07. The number of rotatable bonds is 6. The number of hydrogen-bond donors (Lipinski definition) is 0. The van der Waals surface area contributed by atoms with Crippen molar-refractivity contribution in [3.63, 3.8) is 0 Å². The Morgan fingerprint density at radius 2 is 2.05 bits per heavy atom. The van der Waals surface area contributed by atoms with Crippen molar-refractivity contribution in [3.05, 3.63) is 57.9 Å². The van der Waals surface area contributed by atoms with Gasteiger partial charge in [0.2, 0.25) is 5.89 Å². The monoisotopic (exact) mass is 331 g/mol. The molecule has 0 saturated heterocycles. The lowest BCUT2D eigenvalue weighted by atomic mass is 9.98. The Labute approximate surface area is 138 Å². The minimum atomic E-state index is 0.362. The highest BCUT2D eigenvalue weighted by atomic mass is 32.2. The zero-order valence-corrected chi connectivity index (χ0v) is 14.2. The molecule has 3 aromatic rings. The van der Waals surface area contributed by atoms with Crippen LogP contribution in [0.5, 0.6) is 0 Å². The summed E-state index contributed by atoms with van der Waals surface area (Å²) in [6.07, 6.45) is 0.757. The molecule has 2 aromatic heterocycles. The summed E-state index contributed by atoms with van der Waals surface area (Å²) >= 11 is 3.19. The van der Waals surface area contributed by atoms with Gasteiger partial charge in [-0.3, -0.25) is 0 Å². The molecule has 0 fully saturated rings. The predicted molar refractivity (Wildman–Crippen MR) is 89.3 cm³/mol. The molecule has 22 heavy (non-hydrogen) atoms. The van der Waals surface area contributed by atoms with Crippen LogP contribution in [0.2, 0.25) is 0 Å². The molecule has 0 aliphatic heterocycles. The van der Waals surface area contributed by atoms with Gasteiger partial charge in [-0.25, -0.2) is 4.98 Å². The van der Waals surface area contributed by atoms with Gasteiger partial charge in [-0.05, 0) is 18.4 Å². The second-order valence-electron chi connectivity index (χ2n) is 5.12. The summed E-state index contributed by atoms with van der Waals surface area (Å²) in [6.45, 7) is 4.18. The van der Waals surface area contributed by atoms with Gasteiger partial charge in [0, 0.05) is 17.6 Å². The van der Waals surface area contributed by atoms with E-state index < -0.39 is 0 Å². The van der Waals surface area contributed by atoms with Gasteiger partial charge in [0.15, 0.2) is 0 Å². The van der Waals surface area contributed by atoms with Gasteiger partial charge in [-0.2, -0.15) is 0 Å². The fraction of sp³-hybridized carbons (Fsp3) is 0.312. The van der Waals surface area contributed by atoms with E-state index in [9.17, 15) is 0 Å². The number of thiazole rings is 1. The van der Waals surface area contributed by atoms with E-state index in [1.807, 2.05) is 13.0 Å². The Morgan fingerprint density at radius 1 is 1.23 bits per heavy atom. The van der Waals surface area contributed by atoms with Crippen molar-refractivity contribution in [1.82, 2.24) is 15.2 Å². The molecule has 0 amide bonds. The van der Waals surface area contributed by atoms with Gasteiger partial charge >= 0.3 is 0 Å². The van der Waals surface area contributed by atoms with Crippen molar-refractivity contribution in [2.24, 2.45) is 0 Å². The highest BCUT2D eigenvalue weighted by Crippen LogP contribution is 2.25.